The number of nitro groups is 1. The number of nitro benzene ring substituents is 1. The van der Waals surface area contributed by atoms with Crippen LogP contribution in [-0.4, -0.2) is 40.6 Å². The topological polar surface area (TPSA) is 85.0 Å². The molecule has 0 aliphatic carbocycles. The van der Waals surface area contributed by atoms with Crippen LogP contribution in [0.3, 0.4) is 0 Å². The standard InChI is InChI=1S/C14H14ClN3O4/c15-12-9-10(18(20)21)1-2-11(12)13(19)17-7-4-14(5-8-17)3-6-16-22-14/h1-2,6,9H,3-5,7-8H2. The number of amides is 1. The van der Waals surface area contributed by atoms with Crippen molar-refractivity contribution in [3.8, 4) is 0 Å². The quantitative estimate of drug-likeness (QED) is 0.618. The van der Waals surface area contributed by atoms with E-state index in [2.05, 4.69) is 5.16 Å². The van der Waals surface area contributed by atoms with Crippen LogP contribution in [0.1, 0.15) is 29.6 Å². The van der Waals surface area contributed by atoms with Gasteiger partial charge in [-0.25, -0.2) is 0 Å². The van der Waals surface area contributed by atoms with Gasteiger partial charge in [-0.15, -0.1) is 0 Å². The van der Waals surface area contributed by atoms with Gasteiger partial charge in [-0.2, -0.15) is 0 Å². The lowest BCUT2D eigenvalue weighted by Gasteiger charge is -2.37. The lowest BCUT2D eigenvalue weighted by Crippen LogP contribution is -2.46. The van der Waals surface area contributed by atoms with Crippen molar-refractivity contribution in [3.05, 3.63) is 38.9 Å². The Bertz CT molecular complexity index is 643. The van der Waals surface area contributed by atoms with Gasteiger partial charge in [-0.3, -0.25) is 14.9 Å². The molecule has 0 N–H and O–H groups in total. The Morgan fingerprint density at radius 1 is 1.41 bits per heavy atom. The minimum absolute atomic E-state index is 0.0972. The van der Waals surface area contributed by atoms with Gasteiger partial charge in [0.2, 0.25) is 0 Å². The maximum atomic E-state index is 12.5. The van der Waals surface area contributed by atoms with Crippen LogP contribution in [0.4, 0.5) is 5.69 Å². The summed E-state index contributed by atoms with van der Waals surface area (Å²) in [6.45, 7) is 1.10. The SMILES string of the molecule is O=C(c1ccc([N+](=O)[O-])cc1Cl)N1CCC2(CC=NO2)CC1. The van der Waals surface area contributed by atoms with E-state index in [1.165, 1.54) is 18.2 Å². The van der Waals surface area contributed by atoms with Gasteiger partial charge < -0.3 is 9.74 Å². The van der Waals surface area contributed by atoms with Crippen LogP contribution in [0.15, 0.2) is 23.4 Å². The number of hydrogen-bond acceptors (Lipinski definition) is 5. The van der Waals surface area contributed by atoms with Crippen molar-refractivity contribution in [1.82, 2.24) is 4.90 Å². The lowest BCUT2D eigenvalue weighted by atomic mass is 9.89. The molecule has 22 heavy (non-hydrogen) atoms. The number of halogens is 1. The summed E-state index contributed by atoms with van der Waals surface area (Å²) in [4.78, 5) is 29.8. The largest absolute Gasteiger partial charge is 0.389 e. The van der Waals surface area contributed by atoms with E-state index < -0.39 is 4.92 Å². The first-order valence-electron chi connectivity index (χ1n) is 6.94. The summed E-state index contributed by atoms with van der Waals surface area (Å²) in [5, 5.41) is 14.6. The van der Waals surface area contributed by atoms with Crippen molar-refractivity contribution in [1.29, 1.82) is 0 Å². The Balaban J connectivity index is 1.71. The predicted molar refractivity (Wildman–Crippen MR) is 80.2 cm³/mol. The Hall–Kier alpha value is -2.15. The van der Waals surface area contributed by atoms with Crippen LogP contribution < -0.4 is 0 Å². The number of likely N-dealkylation sites (tertiary alicyclic amines) is 1. The number of piperidine rings is 1. The third kappa shape index (κ3) is 2.64. The van der Waals surface area contributed by atoms with Gasteiger partial charge in [0.1, 0.15) is 5.60 Å². The molecule has 0 aromatic heterocycles. The summed E-state index contributed by atoms with van der Waals surface area (Å²) in [5.41, 5.74) is -0.113. The summed E-state index contributed by atoms with van der Waals surface area (Å²) in [7, 11) is 0. The molecule has 3 rings (SSSR count). The molecule has 1 spiro atoms. The molecule has 7 nitrogen and oxygen atoms in total. The molecule has 2 aliphatic heterocycles. The second-order valence-electron chi connectivity index (χ2n) is 5.48. The second kappa shape index (κ2) is 5.57. The van der Waals surface area contributed by atoms with Crippen LogP contribution in [0.2, 0.25) is 5.02 Å². The molecule has 1 aromatic carbocycles. The molecule has 1 fully saturated rings. The van der Waals surface area contributed by atoms with Crippen LogP contribution in [-0.2, 0) is 4.84 Å². The van der Waals surface area contributed by atoms with Crippen molar-refractivity contribution in [2.24, 2.45) is 5.16 Å². The zero-order valence-electron chi connectivity index (χ0n) is 11.7. The van der Waals surface area contributed by atoms with Crippen molar-refractivity contribution in [3.63, 3.8) is 0 Å². The highest BCUT2D eigenvalue weighted by Gasteiger charge is 2.40. The van der Waals surface area contributed by atoms with Gasteiger partial charge in [-0.05, 0) is 6.07 Å². The third-order valence-electron chi connectivity index (χ3n) is 4.14. The highest BCUT2D eigenvalue weighted by atomic mass is 35.5. The molecule has 1 amide bonds. The van der Waals surface area contributed by atoms with Crippen LogP contribution in [0.5, 0.6) is 0 Å². The fourth-order valence-corrected chi connectivity index (χ4v) is 3.02. The summed E-state index contributed by atoms with van der Waals surface area (Å²) >= 11 is 6.01. The predicted octanol–water partition coefficient (Wildman–Crippen LogP) is 2.63. The summed E-state index contributed by atoms with van der Waals surface area (Å²) in [5.74, 6) is -0.214. The van der Waals surface area contributed by atoms with Gasteiger partial charge in [0, 0.05) is 50.7 Å². The van der Waals surface area contributed by atoms with Gasteiger partial charge in [0.05, 0.1) is 15.5 Å². The summed E-state index contributed by atoms with van der Waals surface area (Å²) in [6.07, 6.45) is 3.95. The fraction of sp³-hybridized carbons (Fsp3) is 0.429. The normalized spacial score (nSPS) is 19.2. The maximum absolute atomic E-state index is 12.5. The van der Waals surface area contributed by atoms with E-state index in [4.69, 9.17) is 16.4 Å². The zero-order chi connectivity index (χ0) is 15.7. The molecule has 0 bridgehead atoms. The van der Waals surface area contributed by atoms with Crippen molar-refractivity contribution < 1.29 is 14.6 Å². The van der Waals surface area contributed by atoms with E-state index >= 15 is 0 Å². The highest BCUT2D eigenvalue weighted by molar-refractivity contribution is 6.34. The molecular weight excluding hydrogens is 310 g/mol. The number of rotatable bonds is 2. The monoisotopic (exact) mass is 323 g/mol. The number of carbonyl (C=O) groups is 1. The van der Waals surface area contributed by atoms with Gasteiger partial charge >= 0.3 is 0 Å². The minimum Gasteiger partial charge on any atom is -0.389 e. The first-order chi connectivity index (χ1) is 10.5. The molecular formula is C14H14ClN3O4. The smallest absolute Gasteiger partial charge is 0.270 e. The second-order valence-corrected chi connectivity index (χ2v) is 5.89. The van der Waals surface area contributed by atoms with Crippen LogP contribution in [0.25, 0.3) is 0 Å². The molecule has 0 saturated carbocycles. The molecule has 2 heterocycles. The highest BCUT2D eigenvalue weighted by Crippen LogP contribution is 2.33. The molecule has 1 saturated heterocycles. The first kappa shape index (κ1) is 14.8. The maximum Gasteiger partial charge on any atom is 0.270 e. The van der Waals surface area contributed by atoms with Crippen molar-refractivity contribution in [2.45, 2.75) is 24.9 Å². The van der Waals surface area contributed by atoms with Crippen LogP contribution in [0, 0.1) is 10.1 Å². The average Bonchev–Trinajstić information content (AvgIpc) is 2.95. The van der Waals surface area contributed by atoms with E-state index in [1.807, 2.05) is 0 Å². The van der Waals surface area contributed by atoms with Gasteiger partial charge in [-0.1, -0.05) is 16.8 Å². The van der Waals surface area contributed by atoms with Gasteiger partial charge in [0.25, 0.3) is 11.6 Å². The molecule has 1 aromatic rings. The number of nitrogens with zero attached hydrogens (tertiary/aromatic N) is 3. The number of oxime groups is 1. The fourth-order valence-electron chi connectivity index (χ4n) is 2.76. The Morgan fingerprint density at radius 2 is 2.14 bits per heavy atom. The number of hydrogen-bond donors (Lipinski definition) is 0. The van der Waals surface area contributed by atoms with E-state index in [0.717, 1.165) is 6.42 Å². The Kier molecular flexibility index (Phi) is 3.74. The number of carbonyl (C=O) groups excluding carboxylic acids is 1. The number of benzene rings is 1. The Labute approximate surface area is 131 Å². The van der Waals surface area contributed by atoms with Crippen molar-refractivity contribution in [2.75, 3.05) is 13.1 Å². The van der Waals surface area contributed by atoms with E-state index in [-0.39, 0.29) is 27.8 Å². The first-order valence-corrected chi connectivity index (χ1v) is 7.32. The molecule has 0 atom stereocenters. The lowest BCUT2D eigenvalue weighted by molar-refractivity contribution is -0.384. The van der Waals surface area contributed by atoms with Crippen molar-refractivity contribution >= 4 is 29.4 Å². The molecule has 0 radical (unpaired) electrons. The van der Waals surface area contributed by atoms with E-state index in [0.29, 0.717) is 25.9 Å². The molecule has 116 valence electrons. The molecule has 8 heteroatoms. The van der Waals surface area contributed by atoms with Crippen LogP contribution >= 0.6 is 11.6 Å². The van der Waals surface area contributed by atoms with Gasteiger partial charge in [0.15, 0.2) is 0 Å². The summed E-state index contributed by atoms with van der Waals surface area (Å²) in [6, 6.07) is 3.90. The third-order valence-corrected chi connectivity index (χ3v) is 4.45. The average molecular weight is 324 g/mol. The summed E-state index contributed by atoms with van der Waals surface area (Å²) < 4.78 is 0. The minimum atomic E-state index is -0.539. The molecule has 0 unspecified atom stereocenters. The zero-order valence-corrected chi connectivity index (χ0v) is 12.5. The van der Waals surface area contributed by atoms with E-state index in [1.54, 1.807) is 11.1 Å². The number of non-ortho nitro benzene ring substituents is 1. The van der Waals surface area contributed by atoms with E-state index in [9.17, 15) is 14.9 Å². The Morgan fingerprint density at radius 3 is 2.68 bits per heavy atom. The molecule has 2 aliphatic rings.